The summed E-state index contributed by atoms with van der Waals surface area (Å²) < 4.78 is 35.0. The van der Waals surface area contributed by atoms with Crippen LogP contribution in [0.4, 0.5) is 5.69 Å². The molecule has 1 N–H and O–H groups in total. The molecule has 0 spiro atoms. The molecule has 0 radical (unpaired) electrons. The van der Waals surface area contributed by atoms with Gasteiger partial charge in [0.2, 0.25) is 11.8 Å². The molecular formula is C32H41N3O5S. The maximum absolute atomic E-state index is 14.1. The standard InChI is InChI=1S/C32H41N3O5S/c1-7-25(5)33-32(37)26(6)34(21-27-14-10-9-13-24(27)4)31(36)22-35(29-15-11-12-16-30(29)40-8-2)41(38,39)28-19-17-23(3)18-20-28/h9-20,25-26H,7-8,21-22H2,1-6H3,(H,33,37)/t25-,26+/m0/s1. The number of carbonyl (C=O) groups excluding carboxylic acids is 2. The molecule has 8 nitrogen and oxygen atoms in total. The van der Waals surface area contributed by atoms with Gasteiger partial charge in [0, 0.05) is 12.6 Å². The van der Waals surface area contributed by atoms with Gasteiger partial charge < -0.3 is 15.0 Å². The number of hydrogen-bond acceptors (Lipinski definition) is 5. The lowest BCUT2D eigenvalue weighted by Gasteiger charge is -2.33. The van der Waals surface area contributed by atoms with Crippen LogP contribution in [0, 0.1) is 13.8 Å². The Labute approximate surface area is 244 Å². The molecule has 0 bridgehead atoms. The normalized spacial score (nSPS) is 12.7. The summed E-state index contributed by atoms with van der Waals surface area (Å²) in [4.78, 5) is 28.9. The summed E-state index contributed by atoms with van der Waals surface area (Å²) in [5.74, 6) is -0.475. The van der Waals surface area contributed by atoms with Crippen LogP contribution < -0.4 is 14.4 Å². The molecule has 0 aliphatic carbocycles. The first-order valence-corrected chi connectivity index (χ1v) is 15.4. The second-order valence-electron chi connectivity index (χ2n) is 10.2. The fourth-order valence-electron chi connectivity index (χ4n) is 4.31. The number of nitrogens with one attached hydrogen (secondary N) is 1. The quantitative estimate of drug-likeness (QED) is 0.299. The molecule has 3 aromatic carbocycles. The van der Waals surface area contributed by atoms with Crippen LogP contribution in [0.2, 0.25) is 0 Å². The second-order valence-corrected chi connectivity index (χ2v) is 12.0. The highest BCUT2D eigenvalue weighted by Crippen LogP contribution is 2.33. The van der Waals surface area contributed by atoms with Crippen molar-refractivity contribution in [3.05, 3.63) is 89.5 Å². The molecule has 3 aromatic rings. The molecule has 41 heavy (non-hydrogen) atoms. The van der Waals surface area contributed by atoms with Crippen molar-refractivity contribution < 1.29 is 22.7 Å². The van der Waals surface area contributed by atoms with Crippen molar-refractivity contribution in [3.8, 4) is 5.75 Å². The molecule has 0 aliphatic rings. The van der Waals surface area contributed by atoms with E-state index in [9.17, 15) is 18.0 Å². The van der Waals surface area contributed by atoms with Crippen molar-refractivity contribution in [1.29, 1.82) is 0 Å². The summed E-state index contributed by atoms with van der Waals surface area (Å²) in [6.45, 7) is 11.1. The number of amides is 2. The van der Waals surface area contributed by atoms with Crippen LogP contribution in [-0.4, -0.2) is 50.4 Å². The van der Waals surface area contributed by atoms with E-state index in [1.165, 1.54) is 17.0 Å². The Bertz CT molecular complexity index is 1440. The Morgan fingerprint density at radius 3 is 2.17 bits per heavy atom. The van der Waals surface area contributed by atoms with Gasteiger partial charge in [-0.1, -0.05) is 61.0 Å². The van der Waals surface area contributed by atoms with Crippen LogP contribution in [0.15, 0.2) is 77.7 Å². The van der Waals surface area contributed by atoms with Crippen molar-refractivity contribution in [3.63, 3.8) is 0 Å². The number of aryl methyl sites for hydroxylation is 2. The zero-order valence-electron chi connectivity index (χ0n) is 24.8. The number of ether oxygens (including phenoxy) is 1. The van der Waals surface area contributed by atoms with Gasteiger partial charge in [-0.25, -0.2) is 8.42 Å². The van der Waals surface area contributed by atoms with E-state index in [0.717, 1.165) is 27.4 Å². The summed E-state index contributed by atoms with van der Waals surface area (Å²) in [6, 6.07) is 19.9. The molecule has 0 saturated heterocycles. The van der Waals surface area contributed by atoms with E-state index in [1.54, 1.807) is 43.3 Å². The van der Waals surface area contributed by atoms with E-state index in [2.05, 4.69) is 5.32 Å². The predicted octanol–water partition coefficient (Wildman–Crippen LogP) is 5.23. The van der Waals surface area contributed by atoms with Crippen molar-refractivity contribution in [2.24, 2.45) is 0 Å². The maximum Gasteiger partial charge on any atom is 0.264 e. The van der Waals surface area contributed by atoms with Gasteiger partial charge in [-0.15, -0.1) is 0 Å². The molecule has 0 heterocycles. The molecule has 0 unspecified atom stereocenters. The Morgan fingerprint density at radius 2 is 1.54 bits per heavy atom. The van der Waals surface area contributed by atoms with Gasteiger partial charge in [-0.2, -0.15) is 0 Å². The summed E-state index contributed by atoms with van der Waals surface area (Å²) in [5, 5.41) is 2.95. The van der Waals surface area contributed by atoms with E-state index < -0.39 is 28.5 Å². The fraction of sp³-hybridized carbons (Fsp3) is 0.375. The lowest BCUT2D eigenvalue weighted by molar-refractivity contribution is -0.139. The van der Waals surface area contributed by atoms with E-state index in [4.69, 9.17) is 4.74 Å². The summed E-state index contributed by atoms with van der Waals surface area (Å²) in [7, 11) is -4.18. The van der Waals surface area contributed by atoms with E-state index in [-0.39, 0.29) is 29.1 Å². The topological polar surface area (TPSA) is 96.0 Å². The highest BCUT2D eigenvalue weighted by atomic mass is 32.2. The first-order chi connectivity index (χ1) is 19.5. The average molecular weight is 580 g/mol. The monoisotopic (exact) mass is 579 g/mol. The maximum atomic E-state index is 14.1. The van der Waals surface area contributed by atoms with Crippen molar-refractivity contribution in [2.75, 3.05) is 17.5 Å². The van der Waals surface area contributed by atoms with Crippen molar-refractivity contribution in [2.45, 2.75) is 71.5 Å². The molecule has 2 atom stereocenters. The van der Waals surface area contributed by atoms with Crippen LogP contribution in [0.3, 0.4) is 0 Å². The first-order valence-electron chi connectivity index (χ1n) is 13.9. The fourth-order valence-corrected chi connectivity index (χ4v) is 5.74. The molecule has 3 rings (SSSR count). The summed E-state index contributed by atoms with van der Waals surface area (Å²) >= 11 is 0. The highest BCUT2D eigenvalue weighted by molar-refractivity contribution is 7.92. The minimum atomic E-state index is -4.18. The van der Waals surface area contributed by atoms with Crippen molar-refractivity contribution >= 4 is 27.5 Å². The number of rotatable bonds is 13. The van der Waals surface area contributed by atoms with Crippen LogP contribution in [0.25, 0.3) is 0 Å². The minimum Gasteiger partial charge on any atom is -0.492 e. The number of benzene rings is 3. The first kappa shape index (κ1) is 31.7. The van der Waals surface area contributed by atoms with Gasteiger partial charge in [0.1, 0.15) is 18.3 Å². The number of para-hydroxylation sites is 2. The van der Waals surface area contributed by atoms with E-state index in [1.807, 2.05) is 58.9 Å². The molecule has 2 amide bonds. The Balaban J connectivity index is 2.09. The largest absolute Gasteiger partial charge is 0.492 e. The predicted molar refractivity (Wildman–Crippen MR) is 162 cm³/mol. The van der Waals surface area contributed by atoms with Gasteiger partial charge in [0.15, 0.2) is 0 Å². The van der Waals surface area contributed by atoms with E-state index in [0.29, 0.717) is 12.4 Å². The number of sulfonamides is 1. The Morgan fingerprint density at radius 1 is 0.902 bits per heavy atom. The molecule has 0 fully saturated rings. The number of anilines is 1. The lowest BCUT2D eigenvalue weighted by Crippen LogP contribution is -2.52. The van der Waals surface area contributed by atoms with Gasteiger partial charge in [-0.05, 0) is 76.4 Å². The van der Waals surface area contributed by atoms with Gasteiger partial charge in [-0.3, -0.25) is 13.9 Å². The number of nitrogens with zero attached hydrogens (tertiary/aromatic N) is 2. The second kappa shape index (κ2) is 14.2. The molecular weight excluding hydrogens is 538 g/mol. The van der Waals surface area contributed by atoms with Crippen molar-refractivity contribution in [1.82, 2.24) is 10.2 Å². The molecule has 0 aromatic heterocycles. The van der Waals surface area contributed by atoms with Gasteiger partial charge in [0.25, 0.3) is 10.0 Å². The Hall–Kier alpha value is -3.85. The van der Waals surface area contributed by atoms with Crippen LogP contribution in [0.1, 0.15) is 50.8 Å². The Kier molecular flexibility index (Phi) is 10.9. The average Bonchev–Trinajstić information content (AvgIpc) is 2.95. The zero-order chi connectivity index (χ0) is 30.2. The lowest BCUT2D eigenvalue weighted by atomic mass is 10.1. The molecule has 9 heteroatoms. The molecule has 0 aliphatic heterocycles. The summed E-state index contributed by atoms with van der Waals surface area (Å²) in [6.07, 6.45) is 0.737. The van der Waals surface area contributed by atoms with Crippen LogP contribution in [-0.2, 0) is 26.2 Å². The zero-order valence-corrected chi connectivity index (χ0v) is 25.6. The summed E-state index contributed by atoms with van der Waals surface area (Å²) in [5.41, 5.74) is 2.99. The minimum absolute atomic E-state index is 0.0511. The number of hydrogen-bond donors (Lipinski definition) is 1. The van der Waals surface area contributed by atoms with Gasteiger partial charge in [0.05, 0.1) is 17.2 Å². The van der Waals surface area contributed by atoms with E-state index >= 15 is 0 Å². The number of carbonyl (C=O) groups is 2. The van der Waals surface area contributed by atoms with Gasteiger partial charge >= 0.3 is 0 Å². The SMILES string of the molecule is CCOc1ccccc1N(CC(=O)N(Cc1ccccc1C)[C@H](C)C(=O)N[C@@H](C)CC)S(=O)(=O)c1ccc(C)cc1. The molecule has 220 valence electrons. The highest BCUT2D eigenvalue weighted by Gasteiger charge is 2.34. The third-order valence-corrected chi connectivity index (χ3v) is 8.87. The third kappa shape index (κ3) is 7.88. The van der Waals surface area contributed by atoms with Crippen LogP contribution in [0.5, 0.6) is 5.75 Å². The van der Waals surface area contributed by atoms with Crippen LogP contribution >= 0.6 is 0 Å². The smallest absolute Gasteiger partial charge is 0.264 e. The molecule has 0 saturated carbocycles. The third-order valence-electron chi connectivity index (χ3n) is 7.09.